The van der Waals surface area contributed by atoms with Gasteiger partial charge in [0, 0.05) is 73.8 Å². The van der Waals surface area contributed by atoms with Gasteiger partial charge in [-0.25, -0.2) is 9.42 Å². The molecule has 0 fully saturated rings. The Morgan fingerprint density at radius 2 is 1.16 bits per heavy atom. The molecule has 0 aliphatic heterocycles. The van der Waals surface area contributed by atoms with E-state index >= 15 is 0 Å². The summed E-state index contributed by atoms with van der Waals surface area (Å²) in [4.78, 5) is 60.9. The molecule has 0 bridgehead atoms. The van der Waals surface area contributed by atoms with Gasteiger partial charge in [-0.2, -0.15) is 0 Å². The van der Waals surface area contributed by atoms with E-state index in [1.807, 2.05) is 19.1 Å². The number of ketones is 3. The van der Waals surface area contributed by atoms with Crippen LogP contribution in [0.1, 0.15) is 79.3 Å². The van der Waals surface area contributed by atoms with Crippen LogP contribution in [0.15, 0.2) is 50.2 Å². The second kappa shape index (κ2) is 30.2. The molecule has 0 aliphatic rings. The summed E-state index contributed by atoms with van der Waals surface area (Å²) in [6.45, 7) is 7.60. The number of benzene rings is 2. The van der Waals surface area contributed by atoms with Crippen molar-refractivity contribution in [2.24, 2.45) is 0 Å². The number of rotatable bonds is 38. The van der Waals surface area contributed by atoms with Crippen molar-refractivity contribution in [2.75, 3.05) is 104 Å². The first-order chi connectivity index (χ1) is 30.7. The number of aromatic nitrogens is 2. The molecular formula is C45H61N3O15. The van der Waals surface area contributed by atoms with E-state index in [0.717, 1.165) is 18.2 Å². The van der Waals surface area contributed by atoms with E-state index in [4.69, 9.17) is 42.7 Å². The molecule has 0 radical (unpaired) electrons. The minimum atomic E-state index is -0.898. The van der Waals surface area contributed by atoms with Crippen LogP contribution in [-0.2, 0) is 54.0 Å². The Morgan fingerprint density at radius 3 is 1.79 bits per heavy atom. The molecule has 0 unspecified atom stereocenters. The van der Waals surface area contributed by atoms with Crippen molar-refractivity contribution >= 4 is 51.0 Å². The van der Waals surface area contributed by atoms with Crippen molar-refractivity contribution in [3.63, 3.8) is 0 Å². The topological polar surface area (TPSA) is 234 Å². The largest absolute Gasteiger partial charge is 0.481 e. The number of hydrogen-bond donors (Lipinski definition) is 2. The number of hydrogen-bond acceptors (Lipinski definition) is 17. The van der Waals surface area contributed by atoms with Crippen molar-refractivity contribution in [1.82, 2.24) is 10.3 Å². The number of anilines is 1. The number of fused-ring (bicyclic) bond motifs is 2. The van der Waals surface area contributed by atoms with Gasteiger partial charge in [-0.3, -0.25) is 19.2 Å². The lowest BCUT2D eigenvalue weighted by Gasteiger charge is -2.10. The van der Waals surface area contributed by atoms with Gasteiger partial charge in [0.2, 0.25) is 0 Å². The quantitative estimate of drug-likeness (QED) is 0.0329. The molecule has 2 aromatic heterocycles. The third-order valence-corrected chi connectivity index (χ3v) is 9.73. The highest BCUT2D eigenvalue weighted by Gasteiger charge is 2.16. The Hall–Kier alpha value is -4.95. The molecular weight excluding hydrogens is 823 g/mol. The molecule has 0 saturated heterocycles. The first-order valence-electron chi connectivity index (χ1n) is 21.6. The second-order valence-corrected chi connectivity index (χ2v) is 14.7. The Balaban J connectivity index is 0.955. The van der Waals surface area contributed by atoms with Gasteiger partial charge in [-0.1, -0.05) is 0 Å². The molecule has 4 rings (SSSR count). The maximum atomic E-state index is 12.9. The summed E-state index contributed by atoms with van der Waals surface area (Å²) in [5, 5.41) is 19.9. The third-order valence-electron chi connectivity index (χ3n) is 9.73. The maximum Gasteiger partial charge on any atom is 0.340 e. The van der Waals surface area contributed by atoms with Gasteiger partial charge in [-0.05, 0) is 85.2 Å². The minimum absolute atomic E-state index is 0.00529. The Kier molecular flexibility index (Phi) is 24.3. The third kappa shape index (κ3) is 20.4. The lowest BCUT2D eigenvalue weighted by molar-refractivity contribution is -0.138. The normalized spacial score (nSPS) is 11.4. The average molecular weight is 884 g/mol. The summed E-state index contributed by atoms with van der Waals surface area (Å²) in [5.74, 6) is -0.884. The summed E-state index contributed by atoms with van der Waals surface area (Å²) in [7, 11) is 0. The number of nitrogens with one attached hydrogen (secondary N) is 1. The van der Waals surface area contributed by atoms with Gasteiger partial charge in [-0.15, -0.1) is 0 Å². The van der Waals surface area contributed by atoms with Crippen LogP contribution in [0, 0.1) is 6.92 Å². The van der Waals surface area contributed by atoms with E-state index in [0.29, 0.717) is 163 Å². The molecule has 0 atom stereocenters. The van der Waals surface area contributed by atoms with E-state index in [9.17, 15) is 24.0 Å². The number of aliphatic carboxylic acids is 1. The number of ether oxygens (including phenoxy) is 7. The number of carbonyl (C=O) groups is 4. The minimum Gasteiger partial charge on any atom is -0.481 e. The first-order valence-corrected chi connectivity index (χ1v) is 21.6. The number of Topliss-reactive ketones (excluding diaryl/α,β-unsaturated/α-hetero) is 3. The molecule has 0 aliphatic carbocycles. The van der Waals surface area contributed by atoms with E-state index in [1.54, 1.807) is 24.3 Å². The number of carboxylic acids is 1. The van der Waals surface area contributed by atoms with Crippen LogP contribution in [0.5, 0.6) is 0 Å². The molecule has 2 N–H and O–H groups in total. The van der Waals surface area contributed by atoms with Crippen LogP contribution in [0.2, 0.25) is 0 Å². The van der Waals surface area contributed by atoms with E-state index in [2.05, 4.69) is 20.3 Å². The summed E-state index contributed by atoms with van der Waals surface area (Å²) < 4.78 is 48.5. The molecule has 0 amide bonds. The smallest absolute Gasteiger partial charge is 0.340 e. The van der Waals surface area contributed by atoms with Gasteiger partial charge in [0.05, 0.1) is 85.6 Å². The Bertz CT molecular complexity index is 2050. The average Bonchev–Trinajstić information content (AvgIpc) is 3.75. The lowest BCUT2D eigenvalue weighted by atomic mass is 9.99. The Labute approximate surface area is 366 Å². The number of unbranched alkanes of at least 4 members (excludes halogenated alkanes) is 2. The standard InChI is InChI=1S/C45H61N3O15/c1-33-38-12-11-35(46-32-37(50)8-6-17-57-21-25-60-27-28-61-26-22-58-18-14-44(52)53)30-43(38)62-45(54)39(33)31-36(49)7-2-4-15-55-19-23-59-24-20-56-16-5-3-9-42(51)34-10-13-40-41(29-34)48-63-47-40/h10-13,29-30,46H,2-9,14-28,31-32H2,1H3,(H,52,53). The molecule has 4 aromatic rings. The predicted molar refractivity (Wildman–Crippen MR) is 230 cm³/mol. The fourth-order valence-corrected chi connectivity index (χ4v) is 6.23. The fourth-order valence-electron chi connectivity index (χ4n) is 6.23. The highest BCUT2D eigenvalue weighted by Crippen LogP contribution is 2.24. The van der Waals surface area contributed by atoms with Crippen LogP contribution >= 0.6 is 0 Å². The monoisotopic (exact) mass is 883 g/mol. The van der Waals surface area contributed by atoms with Crippen LogP contribution in [0.25, 0.3) is 22.0 Å². The summed E-state index contributed by atoms with van der Waals surface area (Å²) >= 11 is 0. The summed E-state index contributed by atoms with van der Waals surface area (Å²) in [5.41, 5.74) is 3.30. The van der Waals surface area contributed by atoms with E-state index < -0.39 is 11.6 Å². The molecule has 2 aromatic carbocycles. The first kappa shape index (κ1) is 50.7. The molecule has 18 heteroatoms. The van der Waals surface area contributed by atoms with Gasteiger partial charge < -0.3 is 48.0 Å². The van der Waals surface area contributed by atoms with Gasteiger partial charge in [0.15, 0.2) is 11.6 Å². The van der Waals surface area contributed by atoms with E-state index in [-0.39, 0.29) is 43.3 Å². The van der Waals surface area contributed by atoms with Crippen LogP contribution in [0.4, 0.5) is 5.69 Å². The van der Waals surface area contributed by atoms with Crippen LogP contribution in [0.3, 0.4) is 0 Å². The molecule has 18 nitrogen and oxygen atoms in total. The maximum absolute atomic E-state index is 12.9. The fraction of sp³-hybridized carbons (Fsp3) is 0.578. The zero-order valence-electron chi connectivity index (χ0n) is 36.2. The zero-order chi connectivity index (χ0) is 44.9. The summed E-state index contributed by atoms with van der Waals surface area (Å²) in [6.07, 6.45) is 4.45. The zero-order valence-corrected chi connectivity index (χ0v) is 36.2. The van der Waals surface area contributed by atoms with Gasteiger partial charge in [0.1, 0.15) is 22.4 Å². The molecule has 0 saturated carbocycles. The van der Waals surface area contributed by atoms with Crippen molar-refractivity contribution in [1.29, 1.82) is 0 Å². The number of carbonyl (C=O) groups excluding carboxylic acids is 3. The van der Waals surface area contributed by atoms with Crippen LogP contribution in [-0.4, -0.2) is 138 Å². The summed E-state index contributed by atoms with van der Waals surface area (Å²) in [6, 6.07) is 10.5. The van der Waals surface area contributed by atoms with Crippen LogP contribution < -0.4 is 10.9 Å². The molecule has 346 valence electrons. The molecule has 2 heterocycles. The molecule has 0 spiro atoms. The van der Waals surface area contributed by atoms with E-state index in [1.165, 1.54) is 0 Å². The second-order valence-electron chi connectivity index (χ2n) is 14.7. The molecule has 63 heavy (non-hydrogen) atoms. The van der Waals surface area contributed by atoms with Crippen molar-refractivity contribution in [3.05, 3.63) is 63.5 Å². The highest BCUT2D eigenvalue weighted by molar-refractivity contribution is 5.98. The lowest BCUT2D eigenvalue weighted by Crippen LogP contribution is -2.16. The number of nitrogens with zero attached hydrogens (tertiary/aromatic N) is 2. The number of carboxylic acid groups (broad SMARTS) is 1. The van der Waals surface area contributed by atoms with Gasteiger partial charge >= 0.3 is 11.6 Å². The predicted octanol–water partition coefficient (Wildman–Crippen LogP) is 5.32. The highest BCUT2D eigenvalue weighted by atomic mass is 16.6. The van der Waals surface area contributed by atoms with Crippen molar-refractivity contribution < 1.29 is 66.5 Å². The van der Waals surface area contributed by atoms with Gasteiger partial charge in [0.25, 0.3) is 0 Å². The number of aryl methyl sites for hydroxylation is 1. The Morgan fingerprint density at radius 1 is 0.603 bits per heavy atom. The van der Waals surface area contributed by atoms with Crippen molar-refractivity contribution in [3.8, 4) is 0 Å². The van der Waals surface area contributed by atoms with Crippen molar-refractivity contribution in [2.45, 2.75) is 71.1 Å². The SMILES string of the molecule is Cc1c(CC(=O)CCCCOCCOCCOCCCCC(=O)c2ccc3nonc3c2)c(=O)oc2cc(NCC(=O)CCCOCCOCCOCCOCCC(=O)O)ccc12.